The molecule has 0 aromatic heterocycles. The molecule has 0 unspecified atom stereocenters. The number of hydrazone groups is 1. The van der Waals surface area contributed by atoms with E-state index in [4.69, 9.17) is 0 Å². The molecule has 1 aromatic carbocycles. The Labute approximate surface area is 101 Å². The molecule has 1 heterocycles. The van der Waals surface area contributed by atoms with Crippen LogP contribution in [0, 0.1) is 11.8 Å². The summed E-state index contributed by atoms with van der Waals surface area (Å²) in [4.78, 5) is 11.3. The van der Waals surface area contributed by atoms with E-state index in [9.17, 15) is 4.79 Å². The van der Waals surface area contributed by atoms with Crippen molar-refractivity contribution in [3.63, 3.8) is 0 Å². The molecule has 3 heteroatoms. The van der Waals surface area contributed by atoms with Gasteiger partial charge in [-0.3, -0.25) is 4.79 Å². The molecule has 2 atom stereocenters. The molecule has 1 aromatic rings. The highest BCUT2D eigenvalue weighted by Gasteiger charge is 2.49. The van der Waals surface area contributed by atoms with Crippen molar-refractivity contribution in [1.82, 2.24) is 5.43 Å². The number of hydrogen-bond donors (Lipinski definition) is 1. The summed E-state index contributed by atoms with van der Waals surface area (Å²) in [6.07, 6.45) is 0.955. The number of rotatable bonds is 2. The van der Waals surface area contributed by atoms with Gasteiger partial charge in [0.05, 0.1) is 5.71 Å². The highest BCUT2D eigenvalue weighted by atomic mass is 16.2. The number of benzene rings is 1. The van der Waals surface area contributed by atoms with Crippen LogP contribution in [-0.2, 0) is 4.79 Å². The SMILES string of the molecule is CC(C)c1ccc(C2=NNC(=O)[C@H]3C[C@H]23)cc1. The standard InChI is InChI=1S/C14H16N2O/c1-8(2)9-3-5-10(6-4-9)13-11-7-12(11)14(17)16-15-13/h3-6,8,11-12H,7H2,1-2H3,(H,16,17)/t11-,12-/m0/s1. The third kappa shape index (κ3) is 1.75. The molecule has 1 amide bonds. The van der Waals surface area contributed by atoms with Crippen LogP contribution in [0.1, 0.15) is 37.3 Å². The van der Waals surface area contributed by atoms with Crippen molar-refractivity contribution < 1.29 is 4.79 Å². The first-order valence-electron chi connectivity index (χ1n) is 6.14. The molecule has 0 radical (unpaired) electrons. The molecule has 0 spiro atoms. The summed E-state index contributed by atoms with van der Waals surface area (Å²) in [6.45, 7) is 4.37. The van der Waals surface area contributed by atoms with Gasteiger partial charge in [0.2, 0.25) is 5.91 Å². The van der Waals surface area contributed by atoms with Crippen LogP contribution in [0.25, 0.3) is 0 Å². The zero-order valence-corrected chi connectivity index (χ0v) is 10.1. The monoisotopic (exact) mass is 228 g/mol. The fourth-order valence-electron chi connectivity index (χ4n) is 2.39. The number of carbonyl (C=O) groups excluding carboxylic acids is 1. The second kappa shape index (κ2) is 3.69. The maximum absolute atomic E-state index is 11.3. The van der Waals surface area contributed by atoms with Crippen LogP contribution in [0.15, 0.2) is 29.4 Å². The van der Waals surface area contributed by atoms with Gasteiger partial charge in [-0.2, -0.15) is 5.10 Å². The summed E-state index contributed by atoms with van der Waals surface area (Å²) in [6, 6.07) is 8.52. The number of nitrogens with zero attached hydrogens (tertiary/aromatic N) is 1. The fourth-order valence-corrected chi connectivity index (χ4v) is 2.39. The van der Waals surface area contributed by atoms with E-state index in [2.05, 4.69) is 48.6 Å². The Bertz CT molecular complexity index is 487. The van der Waals surface area contributed by atoms with E-state index in [0.717, 1.165) is 17.7 Å². The molecule has 88 valence electrons. The Morgan fingerprint density at radius 2 is 1.94 bits per heavy atom. The Hall–Kier alpha value is -1.64. The third-order valence-corrected chi connectivity index (χ3v) is 3.64. The first kappa shape index (κ1) is 10.5. The van der Waals surface area contributed by atoms with E-state index in [-0.39, 0.29) is 11.8 Å². The predicted molar refractivity (Wildman–Crippen MR) is 66.8 cm³/mol. The maximum atomic E-state index is 11.3. The van der Waals surface area contributed by atoms with E-state index in [1.807, 2.05) is 0 Å². The van der Waals surface area contributed by atoms with Gasteiger partial charge in [-0.15, -0.1) is 0 Å². The molecule has 1 fully saturated rings. The average Bonchev–Trinajstić information content (AvgIpc) is 3.10. The minimum atomic E-state index is 0.0811. The number of hydrogen-bond acceptors (Lipinski definition) is 2. The molecule has 3 nitrogen and oxygen atoms in total. The van der Waals surface area contributed by atoms with E-state index >= 15 is 0 Å². The van der Waals surface area contributed by atoms with Gasteiger partial charge in [0.15, 0.2) is 0 Å². The lowest BCUT2D eigenvalue weighted by molar-refractivity contribution is -0.122. The van der Waals surface area contributed by atoms with Gasteiger partial charge >= 0.3 is 0 Å². The lowest BCUT2D eigenvalue weighted by atomic mass is 9.98. The molecule has 1 saturated carbocycles. The molecule has 0 bridgehead atoms. The highest BCUT2D eigenvalue weighted by molar-refractivity contribution is 6.09. The fraction of sp³-hybridized carbons (Fsp3) is 0.429. The molecule has 1 aliphatic carbocycles. The average molecular weight is 228 g/mol. The van der Waals surface area contributed by atoms with Crippen molar-refractivity contribution in [1.29, 1.82) is 0 Å². The lowest BCUT2D eigenvalue weighted by Gasteiger charge is -2.12. The molecule has 2 aliphatic rings. The van der Waals surface area contributed by atoms with Crippen LogP contribution in [0.2, 0.25) is 0 Å². The van der Waals surface area contributed by atoms with Gasteiger partial charge in [0.25, 0.3) is 0 Å². The predicted octanol–water partition coefficient (Wildman–Crippen LogP) is 2.28. The van der Waals surface area contributed by atoms with Crippen molar-refractivity contribution in [2.24, 2.45) is 16.9 Å². The molecule has 0 saturated heterocycles. The Balaban J connectivity index is 1.88. The topological polar surface area (TPSA) is 41.5 Å². The second-order valence-electron chi connectivity index (χ2n) is 5.20. The Morgan fingerprint density at radius 1 is 1.24 bits per heavy atom. The Kier molecular flexibility index (Phi) is 2.28. The van der Waals surface area contributed by atoms with E-state index in [0.29, 0.717) is 11.8 Å². The van der Waals surface area contributed by atoms with Crippen molar-refractivity contribution in [2.75, 3.05) is 0 Å². The van der Waals surface area contributed by atoms with E-state index in [1.54, 1.807) is 0 Å². The molecular weight excluding hydrogens is 212 g/mol. The molecule has 3 rings (SSSR count). The first-order valence-corrected chi connectivity index (χ1v) is 6.14. The number of amides is 1. The molecule has 17 heavy (non-hydrogen) atoms. The summed E-state index contributed by atoms with van der Waals surface area (Å²) >= 11 is 0. The maximum Gasteiger partial charge on any atom is 0.243 e. The largest absolute Gasteiger partial charge is 0.273 e. The van der Waals surface area contributed by atoms with Crippen molar-refractivity contribution in [2.45, 2.75) is 26.2 Å². The van der Waals surface area contributed by atoms with Gasteiger partial charge in [0, 0.05) is 11.8 Å². The van der Waals surface area contributed by atoms with E-state index in [1.165, 1.54) is 5.56 Å². The summed E-state index contributed by atoms with van der Waals surface area (Å²) in [5.41, 5.74) is 6.13. The second-order valence-corrected chi connectivity index (χ2v) is 5.20. The quantitative estimate of drug-likeness (QED) is 0.829. The van der Waals surface area contributed by atoms with Crippen LogP contribution in [0.5, 0.6) is 0 Å². The van der Waals surface area contributed by atoms with Crippen molar-refractivity contribution in [3.05, 3.63) is 35.4 Å². The summed E-state index contributed by atoms with van der Waals surface area (Å²) in [5.74, 6) is 1.16. The van der Waals surface area contributed by atoms with Gasteiger partial charge in [0.1, 0.15) is 0 Å². The van der Waals surface area contributed by atoms with Gasteiger partial charge in [-0.05, 0) is 23.5 Å². The molecular formula is C14H16N2O. The van der Waals surface area contributed by atoms with Crippen LogP contribution in [0.3, 0.4) is 0 Å². The molecule has 1 aliphatic heterocycles. The highest BCUT2D eigenvalue weighted by Crippen LogP contribution is 2.43. The van der Waals surface area contributed by atoms with Crippen LogP contribution < -0.4 is 5.43 Å². The Morgan fingerprint density at radius 3 is 2.59 bits per heavy atom. The van der Waals surface area contributed by atoms with Gasteiger partial charge in [-0.1, -0.05) is 38.1 Å². The zero-order chi connectivity index (χ0) is 12.0. The van der Waals surface area contributed by atoms with Crippen LogP contribution in [0.4, 0.5) is 0 Å². The van der Waals surface area contributed by atoms with Gasteiger partial charge in [-0.25, -0.2) is 5.43 Å². The summed E-state index contributed by atoms with van der Waals surface area (Å²) in [7, 11) is 0. The number of carbonyl (C=O) groups is 1. The van der Waals surface area contributed by atoms with Crippen LogP contribution in [-0.4, -0.2) is 11.6 Å². The van der Waals surface area contributed by atoms with Crippen LogP contribution >= 0.6 is 0 Å². The number of fused-ring (bicyclic) bond motifs is 1. The van der Waals surface area contributed by atoms with Crippen molar-refractivity contribution >= 4 is 11.6 Å². The normalized spacial score (nSPS) is 26.3. The summed E-state index contributed by atoms with van der Waals surface area (Å²) in [5, 5.41) is 4.20. The minimum absolute atomic E-state index is 0.0811. The summed E-state index contributed by atoms with van der Waals surface area (Å²) < 4.78 is 0. The molecule has 1 N–H and O–H groups in total. The third-order valence-electron chi connectivity index (χ3n) is 3.64. The lowest BCUT2D eigenvalue weighted by Crippen LogP contribution is -2.28. The first-order chi connectivity index (χ1) is 8.16. The van der Waals surface area contributed by atoms with Gasteiger partial charge < -0.3 is 0 Å². The number of nitrogens with one attached hydrogen (secondary N) is 1. The smallest absolute Gasteiger partial charge is 0.243 e. The van der Waals surface area contributed by atoms with E-state index < -0.39 is 0 Å². The zero-order valence-electron chi connectivity index (χ0n) is 10.1. The van der Waals surface area contributed by atoms with Crippen molar-refractivity contribution in [3.8, 4) is 0 Å². The minimum Gasteiger partial charge on any atom is -0.273 e.